The summed E-state index contributed by atoms with van der Waals surface area (Å²) in [7, 11) is 3.71. The molecule has 1 aromatic heterocycles. The molecule has 4 nitrogen and oxygen atoms in total. The summed E-state index contributed by atoms with van der Waals surface area (Å²) in [6.45, 7) is 2.98. The van der Waals surface area contributed by atoms with E-state index in [4.69, 9.17) is 4.98 Å². The van der Waals surface area contributed by atoms with Crippen LogP contribution in [0.2, 0.25) is 0 Å². The molecule has 0 radical (unpaired) electrons. The summed E-state index contributed by atoms with van der Waals surface area (Å²) in [4.78, 5) is 21.1. The van der Waals surface area contributed by atoms with E-state index in [0.717, 1.165) is 38.4 Å². The van der Waals surface area contributed by atoms with Gasteiger partial charge in [0.2, 0.25) is 5.91 Å². The highest BCUT2D eigenvalue weighted by Crippen LogP contribution is 2.35. The third-order valence-corrected chi connectivity index (χ3v) is 6.09. The number of likely N-dealkylation sites (tertiary alicyclic amines) is 1. The minimum atomic E-state index is 0.218. The lowest BCUT2D eigenvalue weighted by atomic mass is 9.95. The van der Waals surface area contributed by atoms with Crippen LogP contribution in [-0.2, 0) is 11.3 Å². The lowest BCUT2D eigenvalue weighted by Gasteiger charge is -2.31. The van der Waals surface area contributed by atoms with Gasteiger partial charge >= 0.3 is 0 Å². The molecule has 22 heavy (non-hydrogen) atoms. The molecule has 0 spiro atoms. The topological polar surface area (TPSA) is 36.4 Å². The minimum absolute atomic E-state index is 0.218. The van der Waals surface area contributed by atoms with Crippen LogP contribution in [0.5, 0.6) is 0 Å². The van der Waals surface area contributed by atoms with Gasteiger partial charge in [-0.2, -0.15) is 0 Å². The molecule has 2 heterocycles. The van der Waals surface area contributed by atoms with E-state index in [1.807, 2.05) is 25.4 Å². The van der Waals surface area contributed by atoms with E-state index >= 15 is 0 Å². The Hall–Kier alpha value is -0.940. The van der Waals surface area contributed by atoms with Crippen molar-refractivity contribution in [3.63, 3.8) is 0 Å². The molecular formula is C17H27N3OS. The van der Waals surface area contributed by atoms with Gasteiger partial charge in [0, 0.05) is 37.9 Å². The Morgan fingerprint density at radius 2 is 1.95 bits per heavy atom. The van der Waals surface area contributed by atoms with Gasteiger partial charge in [-0.15, -0.1) is 11.3 Å². The lowest BCUT2D eigenvalue weighted by molar-refractivity contribution is -0.134. The molecule has 1 amide bonds. The van der Waals surface area contributed by atoms with Crippen molar-refractivity contribution in [3.8, 4) is 0 Å². The zero-order valence-corrected chi connectivity index (χ0v) is 14.6. The highest BCUT2D eigenvalue weighted by Gasteiger charge is 2.26. The third kappa shape index (κ3) is 3.69. The van der Waals surface area contributed by atoms with E-state index in [9.17, 15) is 4.79 Å². The molecule has 0 bridgehead atoms. The first-order valence-corrected chi connectivity index (χ1v) is 9.39. The average Bonchev–Trinajstić information content (AvgIpc) is 3.18. The summed E-state index contributed by atoms with van der Waals surface area (Å²) < 4.78 is 0. The van der Waals surface area contributed by atoms with Crippen molar-refractivity contribution in [2.45, 2.75) is 51.0 Å². The number of carbonyl (C=O) groups is 1. The molecule has 0 unspecified atom stereocenters. The van der Waals surface area contributed by atoms with Crippen LogP contribution >= 0.6 is 11.3 Å². The molecule has 0 aromatic carbocycles. The normalized spacial score (nSPS) is 21.4. The number of hydrogen-bond acceptors (Lipinski definition) is 4. The predicted octanol–water partition coefficient (Wildman–Crippen LogP) is 3.10. The molecular weight excluding hydrogens is 294 g/mol. The Labute approximate surface area is 137 Å². The molecule has 5 heteroatoms. The number of aromatic nitrogens is 1. The first kappa shape index (κ1) is 15.9. The first-order chi connectivity index (χ1) is 10.6. The van der Waals surface area contributed by atoms with Gasteiger partial charge in [-0.3, -0.25) is 9.69 Å². The largest absolute Gasteiger partial charge is 0.349 e. The van der Waals surface area contributed by atoms with Crippen LogP contribution in [-0.4, -0.2) is 47.9 Å². The molecule has 0 N–H and O–H groups in total. The highest BCUT2D eigenvalue weighted by molar-refractivity contribution is 7.09. The zero-order chi connectivity index (χ0) is 15.5. The van der Waals surface area contributed by atoms with Gasteiger partial charge in [0.05, 0.1) is 10.7 Å². The maximum absolute atomic E-state index is 12.0. The molecule has 1 saturated carbocycles. The van der Waals surface area contributed by atoms with Gasteiger partial charge in [-0.05, 0) is 38.8 Å². The number of hydrogen-bond donors (Lipinski definition) is 0. The first-order valence-electron chi connectivity index (χ1n) is 8.51. The number of amides is 1. The summed E-state index contributed by atoms with van der Waals surface area (Å²) in [6, 6.07) is 0. The summed E-state index contributed by atoms with van der Waals surface area (Å²) in [5, 5.41) is 3.59. The maximum atomic E-state index is 12.0. The molecule has 1 saturated heterocycles. The summed E-state index contributed by atoms with van der Waals surface area (Å²) in [5.74, 6) is 1.23. The summed E-state index contributed by atoms with van der Waals surface area (Å²) in [6.07, 6.45) is 7.35. The van der Waals surface area contributed by atoms with Crippen LogP contribution in [0, 0.1) is 5.92 Å². The smallest absolute Gasteiger partial charge is 0.225 e. The Kier molecular flexibility index (Phi) is 5.14. The fourth-order valence-corrected chi connectivity index (χ4v) is 4.67. The third-order valence-electron chi connectivity index (χ3n) is 5.04. The van der Waals surface area contributed by atoms with Gasteiger partial charge in [0.1, 0.15) is 0 Å². The molecule has 2 fully saturated rings. The summed E-state index contributed by atoms with van der Waals surface area (Å²) in [5.41, 5.74) is 1.23. The van der Waals surface area contributed by atoms with E-state index in [-0.39, 0.29) is 11.8 Å². The van der Waals surface area contributed by atoms with E-state index in [1.165, 1.54) is 36.4 Å². The molecule has 1 aliphatic heterocycles. The molecule has 0 atom stereocenters. The second-order valence-electron chi connectivity index (χ2n) is 6.94. The number of thiazole rings is 1. The van der Waals surface area contributed by atoms with Crippen LogP contribution in [0.4, 0.5) is 0 Å². The van der Waals surface area contributed by atoms with Crippen molar-refractivity contribution < 1.29 is 4.79 Å². The lowest BCUT2D eigenvalue weighted by Crippen LogP contribution is -2.39. The van der Waals surface area contributed by atoms with E-state index in [0.29, 0.717) is 0 Å². The van der Waals surface area contributed by atoms with Gasteiger partial charge < -0.3 is 4.90 Å². The Balaban J connectivity index is 1.49. The quantitative estimate of drug-likeness (QED) is 0.855. The van der Waals surface area contributed by atoms with Crippen LogP contribution < -0.4 is 0 Å². The number of nitrogens with zero attached hydrogens (tertiary/aromatic N) is 3. The number of rotatable bonds is 4. The van der Waals surface area contributed by atoms with E-state index < -0.39 is 0 Å². The second-order valence-corrected chi connectivity index (χ2v) is 7.83. The van der Waals surface area contributed by atoms with Gasteiger partial charge in [-0.25, -0.2) is 4.98 Å². The molecule has 2 aliphatic rings. The van der Waals surface area contributed by atoms with Crippen LogP contribution in [0.15, 0.2) is 5.38 Å². The monoisotopic (exact) mass is 321 g/mol. The second kappa shape index (κ2) is 7.09. The molecule has 3 rings (SSSR count). The Morgan fingerprint density at radius 1 is 1.27 bits per heavy atom. The van der Waals surface area contributed by atoms with E-state index in [2.05, 4.69) is 10.3 Å². The maximum Gasteiger partial charge on any atom is 0.225 e. The molecule has 1 aromatic rings. The van der Waals surface area contributed by atoms with Crippen molar-refractivity contribution >= 4 is 17.2 Å². The summed E-state index contributed by atoms with van der Waals surface area (Å²) >= 11 is 1.85. The SMILES string of the molecule is CN(C)C(=O)C1CCN(Cc2csc(C3CCCC3)n2)CC1. The molecule has 1 aliphatic carbocycles. The minimum Gasteiger partial charge on any atom is -0.349 e. The van der Waals surface area contributed by atoms with Crippen molar-refractivity contribution in [2.24, 2.45) is 5.92 Å². The molecule has 122 valence electrons. The van der Waals surface area contributed by atoms with Gasteiger partial charge in [0.15, 0.2) is 0 Å². The van der Waals surface area contributed by atoms with Crippen molar-refractivity contribution in [2.75, 3.05) is 27.2 Å². The Bertz CT molecular complexity index is 500. The average molecular weight is 321 g/mol. The predicted molar refractivity (Wildman–Crippen MR) is 90.0 cm³/mol. The standard InChI is InChI=1S/C17H27N3OS/c1-19(2)17(21)14-7-9-20(10-8-14)11-15-12-22-16(18-15)13-5-3-4-6-13/h12-14H,3-11H2,1-2H3. The van der Waals surface area contributed by atoms with Crippen molar-refractivity contribution in [1.29, 1.82) is 0 Å². The van der Waals surface area contributed by atoms with E-state index in [1.54, 1.807) is 4.90 Å². The van der Waals surface area contributed by atoms with Crippen molar-refractivity contribution in [3.05, 3.63) is 16.1 Å². The van der Waals surface area contributed by atoms with Crippen LogP contribution in [0.25, 0.3) is 0 Å². The fourth-order valence-electron chi connectivity index (χ4n) is 3.69. The Morgan fingerprint density at radius 3 is 2.59 bits per heavy atom. The zero-order valence-electron chi connectivity index (χ0n) is 13.8. The fraction of sp³-hybridized carbons (Fsp3) is 0.765. The van der Waals surface area contributed by atoms with Gasteiger partial charge in [0.25, 0.3) is 0 Å². The highest BCUT2D eigenvalue weighted by atomic mass is 32.1. The van der Waals surface area contributed by atoms with Crippen LogP contribution in [0.1, 0.15) is 55.1 Å². The van der Waals surface area contributed by atoms with Crippen molar-refractivity contribution in [1.82, 2.24) is 14.8 Å². The van der Waals surface area contributed by atoms with Gasteiger partial charge in [-0.1, -0.05) is 12.8 Å². The number of piperidine rings is 1. The number of carbonyl (C=O) groups excluding carboxylic acids is 1. The van der Waals surface area contributed by atoms with Crippen LogP contribution in [0.3, 0.4) is 0 Å².